The van der Waals surface area contributed by atoms with Crippen LogP contribution in [0.2, 0.25) is 18.1 Å². The van der Waals surface area contributed by atoms with E-state index in [1.807, 2.05) is 24.3 Å². The summed E-state index contributed by atoms with van der Waals surface area (Å²) >= 11 is 0. The highest BCUT2D eigenvalue weighted by atomic mass is 28.4. The van der Waals surface area contributed by atoms with E-state index < -0.39 is 14.4 Å². The van der Waals surface area contributed by atoms with Gasteiger partial charge in [0.2, 0.25) is 0 Å². The van der Waals surface area contributed by atoms with Gasteiger partial charge in [-0.15, -0.1) is 0 Å². The molecule has 0 aliphatic rings. The fourth-order valence-corrected chi connectivity index (χ4v) is 3.45. The number of methoxy groups -OCH3 is 1. The molecule has 31 heavy (non-hydrogen) atoms. The van der Waals surface area contributed by atoms with Crippen molar-refractivity contribution in [3.63, 3.8) is 0 Å². The van der Waals surface area contributed by atoms with Crippen molar-refractivity contribution in [1.82, 2.24) is 0 Å². The minimum absolute atomic E-state index is 0.106. The molecule has 0 spiro atoms. The molecule has 1 rings (SSSR count). The van der Waals surface area contributed by atoms with Crippen LogP contribution in [0, 0.1) is 11.8 Å². The molecule has 5 nitrogen and oxygen atoms in total. The highest BCUT2D eigenvalue weighted by molar-refractivity contribution is 6.74. The first-order valence-electron chi connectivity index (χ1n) is 11.0. The molecule has 0 aliphatic carbocycles. The van der Waals surface area contributed by atoms with Crippen LogP contribution in [0.25, 0.3) is 0 Å². The summed E-state index contributed by atoms with van der Waals surface area (Å²) in [6, 6.07) is 7.87. The molecule has 0 radical (unpaired) electrons. The second-order valence-corrected chi connectivity index (χ2v) is 14.2. The van der Waals surface area contributed by atoms with Crippen molar-refractivity contribution >= 4 is 14.3 Å². The number of hydrogen-bond donors (Lipinski definition) is 0. The maximum atomic E-state index is 11.4. The topological polar surface area (TPSA) is 54.0 Å². The minimum Gasteiger partial charge on any atom is -0.497 e. The Morgan fingerprint density at radius 2 is 1.77 bits per heavy atom. The molecule has 1 aromatic carbocycles. The van der Waals surface area contributed by atoms with Crippen LogP contribution in [0.3, 0.4) is 0 Å². The first-order chi connectivity index (χ1) is 14.4. The van der Waals surface area contributed by atoms with Crippen LogP contribution in [-0.2, 0) is 25.3 Å². The third kappa shape index (κ3) is 10.9. The van der Waals surface area contributed by atoms with Gasteiger partial charge in [-0.3, -0.25) is 4.79 Å². The van der Waals surface area contributed by atoms with E-state index in [1.54, 1.807) is 7.11 Å². The summed E-state index contributed by atoms with van der Waals surface area (Å²) in [5.41, 5.74) is 1.11. The Hall–Kier alpha value is -1.81. The van der Waals surface area contributed by atoms with Gasteiger partial charge in [-0.2, -0.15) is 0 Å². The fraction of sp³-hybridized carbons (Fsp3) is 0.640. The number of esters is 1. The average molecular weight is 449 g/mol. The van der Waals surface area contributed by atoms with E-state index in [-0.39, 0.29) is 17.1 Å². The van der Waals surface area contributed by atoms with E-state index in [4.69, 9.17) is 18.6 Å². The van der Waals surface area contributed by atoms with Gasteiger partial charge in [-0.25, -0.2) is 0 Å². The molecule has 0 heterocycles. The summed E-state index contributed by atoms with van der Waals surface area (Å²) in [5, 5.41) is 0.145. The molecule has 6 heteroatoms. The molecule has 0 bridgehead atoms. The zero-order valence-corrected chi connectivity index (χ0v) is 21.5. The number of ether oxygens (including phenoxy) is 3. The standard InChI is InChI=1S/C25H40O5Si/c1-20(28-19-22-14-16-23(27-6)17-15-22)11-9-12-24(30-21(2)26)13-10-18-29-31(7,8)25(3,4)5/h14-17,20,24H,9,11-12,18-19H2,1-8H3/t20-,24-/m0/s1. The Labute approximate surface area is 189 Å². The van der Waals surface area contributed by atoms with E-state index in [9.17, 15) is 4.79 Å². The highest BCUT2D eigenvalue weighted by Crippen LogP contribution is 2.36. The van der Waals surface area contributed by atoms with E-state index in [2.05, 4.69) is 52.6 Å². The summed E-state index contributed by atoms with van der Waals surface area (Å²) < 4.78 is 22.6. The molecule has 0 N–H and O–H groups in total. The molecule has 0 saturated heterocycles. The lowest BCUT2D eigenvalue weighted by Gasteiger charge is -2.35. The van der Waals surface area contributed by atoms with Gasteiger partial charge < -0.3 is 18.6 Å². The second kappa shape index (κ2) is 12.9. The van der Waals surface area contributed by atoms with Crippen molar-refractivity contribution in [2.24, 2.45) is 0 Å². The first kappa shape index (κ1) is 27.2. The molecular weight excluding hydrogens is 408 g/mol. The van der Waals surface area contributed by atoms with E-state index in [1.165, 1.54) is 6.92 Å². The quantitative estimate of drug-likeness (QED) is 0.246. The van der Waals surface area contributed by atoms with Gasteiger partial charge in [0.1, 0.15) is 5.75 Å². The molecule has 0 fully saturated rings. The lowest BCUT2D eigenvalue weighted by atomic mass is 10.1. The smallest absolute Gasteiger partial charge is 0.303 e. The zero-order chi connectivity index (χ0) is 23.5. The van der Waals surface area contributed by atoms with E-state index in [0.29, 0.717) is 19.6 Å². The molecule has 0 saturated carbocycles. The van der Waals surface area contributed by atoms with Crippen molar-refractivity contribution in [2.75, 3.05) is 13.7 Å². The Bertz CT molecular complexity index is 725. The van der Waals surface area contributed by atoms with E-state index >= 15 is 0 Å². The fourth-order valence-electron chi connectivity index (χ4n) is 2.58. The Morgan fingerprint density at radius 3 is 2.32 bits per heavy atom. The summed E-state index contributed by atoms with van der Waals surface area (Å²) in [6.07, 6.45) is 2.11. The number of carbonyl (C=O) groups excluding carboxylic acids is 1. The molecule has 174 valence electrons. The monoisotopic (exact) mass is 448 g/mol. The van der Waals surface area contributed by atoms with Gasteiger partial charge in [0, 0.05) is 6.92 Å². The van der Waals surface area contributed by atoms with Gasteiger partial charge in [0.25, 0.3) is 0 Å². The van der Waals surface area contributed by atoms with Gasteiger partial charge in [0.15, 0.2) is 14.4 Å². The highest BCUT2D eigenvalue weighted by Gasteiger charge is 2.36. The van der Waals surface area contributed by atoms with Gasteiger partial charge in [0.05, 0.1) is 26.4 Å². The second-order valence-electron chi connectivity index (χ2n) is 9.37. The maximum Gasteiger partial charge on any atom is 0.303 e. The molecule has 0 aromatic heterocycles. The normalized spacial score (nSPS) is 13.7. The molecular formula is C25H40O5Si. The van der Waals surface area contributed by atoms with E-state index in [0.717, 1.165) is 24.2 Å². The number of rotatable bonds is 11. The van der Waals surface area contributed by atoms with Crippen molar-refractivity contribution < 1.29 is 23.4 Å². The molecule has 1 aromatic rings. The Morgan fingerprint density at radius 1 is 1.13 bits per heavy atom. The Kier molecular flexibility index (Phi) is 11.3. The predicted octanol–water partition coefficient (Wildman–Crippen LogP) is 5.73. The van der Waals surface area contributed by atoms with Crippen LogP contribution in [0.4, 0.5) is 0 Å². The third-order valence-corrected chi connectivity index (χ3v) is 10.1. The molecule has 2 atom stereocenters. The SMILES string of the molecule is COc1ccc(CO[C@@H](C)CCC[C@@H](C#CCO[Si](C)(C)C(C)(C)C)OC(C)=O)cc1. The van der Waals surface area contributed by atoms with Crippen LogP contribution < -0.4 is 4.74 Å². The van der Waals surface area contributed by atoms with Gasteiger partial charge in [-0.1, -0.05) is 44.7 Å². The van der Waals surface area contributed by atoms with Crippen LogP contribution in [-0.4, -0.2) is 40.2 Å². The van der Waals surface area contributed by atoms with Gasteiger partial charge in [-0.05, 0) is 62.0 Å². The van der Waals surface area contributed by atoms with Crippen LogP contribution >= 0.6 is 0 Å². The number of carbonyl (C=O) groups is 1. The van der Waals surface area contributed by atoms with Gasteiger partial charge >= 0.3 is 5.97 Å². The van der Waals surface area contributed by atoms with Crippen LogP contribution in [0.1, 0.15) is 59.4 Å². The number of benzene rings is 1. The maximum absolute atomic E-state index is 11.4. The summed E-state index contributed by atoms with van der Waals surface area (Å²) in [7, 11) is -0.170. The minimum atomic E-state index is -1.83. The lowest BCUT2D eigenvalue weighted by molar-refractivity contribution is -0.144. The Balaban J connectivity index is 2.43. The average Bonchev–Trinajstić information content (AvgIpc) is 2.68. The first-order valence-corrected chi connectivity index (χ1v) is 13.9. The van der Waals surface area contributed by atoms with Crippen molar-refractivity contribution in [1.29, 1.82) is 0 Å². The third-order valence-electron chi connectivity index (χ3n) is 5.65. The van der Waals surface area contributed by atoms with Crippen molar-refractivity contribution in [2.45, 2.75) is 90.8 Å². The molecule has 0 unspecified atom stereocenters. The summed E-state index contributed by atoms with van der Waals surface area (Å²) in [4.78, 5) is 11.4. The van der Waals surface area contributed by atoms with Crippen LogP contribution in [0.15, 0.2) is 24.3 Å². The largest absolute Gasteiger partial charge is 0.497 e. The molecule has 0 aliphatic heterocycles. The summed E-state index contributed by atoms with van der Waals surface area (Å²) in [5.74, 6) is 6.65. The summed E-state index contributed by atoms with van der Waals surface area (Å²) in [6.45, 7) is 15.4. The zero-order valence-electron chi connectivity index (χ0n) is 20.5. The molecule has 0 amide bonds. The van der Waals surface area contributed by atoms with Crippen molar-refractivity contribution in [3.8, 4) is 17.6 Å². The lowest BCUT2D eigenvalue weighted by Crippen LogP contribution is -2.40. The van der Waals surface area contributed by atoms with Crippen molar-refractivity contribution in [3.05, 3.63) is 29.8 Å². The predicted molar refractivity (Wildman–Crippen MR) is 128 cm³/mol. The van der Waals surface area contributed by atoms with Crippen LogP contribution in [0.5, 0.6) is 5.75 Å². The number of hydrogen-bond acceptors (Lipinski definition) is 5.